The van der Waals surface area contributed by atoms with Crippen molar-refractivity contribution in [2.45, 2.75) is 39.5 Å². The van der Waals surface area contributed by atoms with Gasteiger partial charge in [0.2, 0.25) is 0 Å². The van der Waals surface area contributed by atoms with E-state index in [0.717, 1.165) is 24.4 Å². The standard InChI is InChI=1S/C11H22N4O2/c1-8(4-5-16)7-15-11(9(2)17-3)10(6-12)13-14-15/h8-9,16H,4-7,12H2,1-3H3. The molecule has 3 N–H and O–H groups in total. The highest BCUT2D eigenvalue weighted by molar-refractivity contribution is 5.12. The molecule has 6 nitrogen and oxygen atoms in total. The molecule has 1 aromatic rings. The fourth-order valence-electron chi connectivity index (χ4n) is 1.80. The van der Waals surface area contributed by atoms with Gasteiger partial charge in [-0.25, -0.2) is 4.68 Å². The third-order valence-electron chi connectivity index (χ3n) is 2.89. The Morgan fingerprint density at radius 2 is 2.18 bits per heavy atom. The average Bonchev–Trinajstić information content (AvgIpc) is 2.71. The third-order valence-corrected chi connectivity index (χ3v) is 2.89. The molecule has 1 rings (SSSR count). The van der Waals surface area contributed by atoms with Crippen LogP contribution in [0.15, 0.2) is 0 Å². The van der Waals surface area contributed by atoms with E-state index in [0.29, 0.717) is 12.5 Å². The van der Waals surface area contributed by atoms with Gasteiger partial charge >= 0.3 is 0 Å². The molecule has 0 aliphatic heterocycles. The lowest BCUT2D eigenvalue weighted by molar-refractivity contribution is 0.109. The van der Waals surface area contributed by atoms with E-state index in [-0.39, 0.29) is 12.7 Å². The van der Waals surface area contributed by atoms with Crippen molar-refractivity contribution >= 4 is 0 Å². The van der Waals surface area contributed by atoms with E-state index in [1.807, 2.05) is 11.6 Å². The van der Waals surface area contributed by atoms with Gasteiger partial charge in [0.05, 0.1) is 11.8 Å². The summed E-state index contributed by atoms with van der Waals surface area (Å²) in [6, 6.07) is 0. The van der Waals surface area contributed by atoms with E-state index in [2.05, 4.69) is 17.2 Å². The molecule has 0 radical (unpaired) electrons. The Morgan fingerprint density at radius 3 is 2.71 bits per heavy atom. The quantitative estimate of drug-likeness (QED) is 0.725. The van der Waals surface area contributed by atoms with Crippen molar-refractivity contribution in [3.8, 4) is 0 Å². The topological polar surface area (TPSA) is 86.2 Å². The van der Waals surface area contributed by atoms with Gasteiger partial charge in [-0.05, 0) is 19.3 Å². The molecule has 0 aliphatic rings. The zero-order chi connectivity index (χ0) is 12.8. The van der Waals surface area contributed by atoms with E-state index in [9.17, 15) is 0 Å². The first-order valence-electron chi connectivity index (χ1n) is 5.90. The second kappa shape index (κ2) is 6.68. The van der Waals surface area contributed by atoms with Crippen LogP contribution in [0.1, 0.15) is 37.8 Å². The van der Waals surface area contributed by atoms with Gasteiger partial charge in [-0.1, -0.05) is 12.1 Å². The molecule has 6 heteroatoms. The molecule has 0 bridgehead atoms. The summed E-state index contributed by atoms with van der Waals surface area (Å²) in [5, 5.41) is 17.1. The molecule has 0 fully saturated rings. The SMILES string of the molecule is COC(C)c1c(CN)nnn1CC(C)CCO. The first-order valence-corrected chi connectivity index (χ1v) is 5.90. The molecule has 0 amide bonds. The maximum Gasteiger partial charge on any atom is 0.102 e. The number of rotatable bonds is 7. The molecule has 0 aliphatic carbocycles. The smallest absolute Gasteiger partial charge is 0.102 e. The van der Waals surface area contributed by atoms with Crippen molar-refractivity contribution in [2.24, 2.45) is 11.7 Å². The lowest BCUT2D eigenvalue weighted by Crippen LogP contribution is -2.16. The van der Waals surface area contributed by atoms with E-state index < -0.39 is 0 Å². The molecule has 2 atom stereocenters. The first-order chi connectivity index (χ1) is 8.13. The van der Waals surface area contributed by atoms with Gasteiger partial charge in [-0.3, -0.25) is 0 Å². The summed E-state index contributed by atoms with van der Waals surface area (Å²) in [7, 11) is 1.65. The van der Waals surface area contributed by atoms with Gasteiger partial charge in [0.25, 0.3) is 0 Å². The van der Waals surface area contributed by atoms with Crippen molar-refractivity contribution in [1.29, 1.82) is 0 Å². The van der Waals surface area contributed by atoms with Crippen LogP contribution in [0.5, 0.6) is 0 Å². The first kappa shape index (κ1) is 14.1. The minimum atomic E-state index is -0.0788. The summed E-state index contributed by atoms with van der Waals surface area (Å²) < 4.78 is 7.14. The molecule has 98 valence electrons. The average molecular weight is 242 g/mol. The van der Waals surface area contributed by atoms with Crippen molar-refractivity contribution in [3.63, 3.8) is 0 Å². The number of hydrogen-bond acceptors (Lipinski definition) is 5. The summed E-state index contributed by atoms with van der Waals surface area (Å²) in [5.74, 6) is 0.343. The van der Waals surface area contributed by atoms with Crippen LogP contribution >= 0.6 is 0 Å². The number of nitrogens with two attached hydrogens (primary N) is 1. The molecular weight excluding hydrogens is 220 g/mol. The molecule has 0 aromatic carbocycles. The number of hydrogen-bond donors (Lipinski definition) is 2. The minimum Gasteiger partial charge on any atom is -0.396 e. The van der Waals surface area contributed by atoms with E-state index in [4.69, 9.17) is 15.6 Å². The zero-order valence-corrected chi connectivity index (χ0v) is 10.8. The van der Waals surface area contributed by atoms with E-state index in [1.54, 1.807) is 7.11 Å². The van der Waals surface area contributed by atoms with Crippen LogP contribution in [0.25, 0.3) is 0 Å². The van der Waals surface area contributed by atoms with Gasteiger partial charge in [-0.15, -0.1) is 5.10 Å². The normalized spacial score (nSPS) is 14.9. The Labute approximate surface area is 102 Å². The third kappa shape index (κ3) is 3.49. The van der Waals surface area contributed by atoms with Crippen molar-refractivity contribution in [3.05, 3.63) is 11.4 Å². The maximum absolute atomic E-state index is 8.90. The summed E-state index contributed by atoms with van der Waals surface area (Å²) >= 11 is 0. The van der Waals surface area contributed by atoms with Gasteiger partial charge in [-0.2, -0.15) is 0 Å². The van der Waals surface area contributed by atoms with Gasteiger partial charge < -0.3 is 15.6 Å². The second-order valence-corrected chi connectivity index (χ2v) is 4.30. The largest absolute Gasteiger partial charge is 0.396 e. The molecule has 0 saturated carbocycles. The number of methoxy groups -OCH3 is 1. The summed E-state index contributed by atoms with van der Waals surface area (Å²) in [4.78, 5) is 0. The predicted octanol–water partition coefficient (Wildman–Crippen LogP) is 0.463. The molecule has 2 unspecified atom stereocenters. The molecule has 1 aromatic heterocycles. The zero-order valence-electron chi connectivity index (χ0n) is 10.8. The lowest BCUT2D eigenvalue weighted by atomic mass is 10.1. The Hall–Kier alpha value is -0.980. The van der Waals surface area contributed by atoms with Crippen LogP contribution in [0, 0.1) is 5.92 Å². The predicted molar refractivity (Wildman–Crippen MR) is 64.2 cm³/mol. The van der Waals surface area contributed by atoms with Gasteiger partial charge in [0, 0.05) is 26.8 Å². The van der Waals surface area contributed by atoms with Crippen LogP contribution in [-0.2, 0) is 17.8 Å². The minimum absolute atomic E-state index is 0.0788. The van der Waals surface area contributed by atoms with E-state index in [1.165, 1.54) is 0 Å². The fraction of sp³-hybridized carbons (Fsp3) is 0.818. The molecule has 1 heterocycles. The van der Waals surface area contributed by atoms with Crippen LogP contribution < -0.4 is 5.73 Å². The Balaban J connectivity index is 2.87. The number of aromatic nitrogens is 3. The summed E-state index contributed by atoms with van der Waals surface area (Å²) in [5.41, 5.74) is 7.34. The fourth-order valence-corrected chi connectivity index (χ4v) is 1.80. The van der Waals surface area contributed by atoms with E-state index >= 15 is 0 Å². The van der Waals surface area contributed by atoms with Crippen LogP contribution in [0.3, 0.4) is 0 Å². The van der Waals surface area contributed by atoms with Crippen molar-refractivity contribution in [1.82, 2.24) is 15.0 Å². The second-order valence-electron chi connectivity index (χ2n) is 4.30. The van der Waals surface area contributed by atoms with Crippen molar-refractivity contribution in [2.75, 3.05) is 13.7 Å². The molecule has 0 spiro atoms. The van der Waals surface area contributed by atoms with Gasteiger partial charge in [0.1, 0.15) is 5.69 Å². The Bertz CT molecular complexity index is 340. The number of aliphatic hydroxyl groups is 1. The Morgan fingerprint density at radius 1 is 1.47 bits per heavy atom. The Kier molecular flexibility index (Phi) is 5.54. The van der Waals surface area contributed by atoms with Crippen LogP contribution in [-0.4, -0.2) is 33.8 Å². The molecule has 17 heavy (non-hydrogen) atoms. The highest BCUT2D eigenvalue weighted by Gasteiger charge is 2.19. The van der Waals surface area contributed by atoms with Crippen molar-refractivity contribution < 1.29 is 9.84 Å². The number of aliphatic hydroxyl groups excluding tert-OH is 1. The number of ether oxygens (including phenoxy) is 1. The lowest BCUT2D eigenvalue weighted by Gasteiger charge is -2.16. The monoisotopic (exact) mass is 242 g/mol. The highest BCUT2D eigenvalue weighted by Crippen LogP contribution is 2.20. The van der Waals surface area contributed by atoms with Gasteiger partial charge in [0.15, 0.2) is 0 Å². The maximum atomic E-state index is 8.90. The summed E-state index contributed by atoms with van der Waals surface area (Å²) in [6.45, 7) is 5.29. The van der Waals surface area contributed by atoms with Crippen LogP contribution in [0.2, 0.25) is 0 Å². The highest BCUT2D eigenvalue weighted by atomic mass is 16.5. The molecular formula is C11H22N4O2. The molecule has 0 saturated heterocycles. The number of nitrogens with zero attached hydrogens (tertiary/aromatic N) is 3. The summed E-state index contributed by atoms with van der Waals surface area (Å²) in [6.07, 6.45) is 0.670. The van der Waals surface area contributed by atoms with Crippen LogP contribution in [0.4, 0.5) is 0 Å².